The van der Waals surface area contributed by atoms with Crippen LogP contribution in [0.2, 0.25) is 0 Å². The van der Waals surface area contributed by atoms with Crippen LogP contribution in [0.3, 0.4) is 0 Å². The Hall–Kier alpha value is -2.14. The van der Waals surface area contributed by atoms with Crippen molar-refractivity contribution in [1.82, 2.24) is 0 Å². The van der Waals surface area contributed by atoms with Gasteiger partial charge in [0.2, 0.25) is 0 Å². The molecule has 1 N–H and O–H groups in total. The number of carbonyl (C=O) groups is 2. The molecule has 0 radical (unpaired) electrons. The van der Waals surface area contributed by atoms with Crippen LogP contribution < -0.4 is 0 Å². The Morgan fingerprint density at radius 1 is 1.32 bits per heavy atom. The summed E-state index contributed by atoms with van der Waals surface area (Å²) in [6.45, 7) is 11.1. The van der Waals surface area contributed by atoms with Gasteiger partial charge < -0.3 is 14.6 Å². The topological polar surface area (TPSA) is 72.8 Å². The van der Waals surface area contributed by atoms with Crippen molar-refractivity contribution in [2.75, 3.05) is 0 Å². The largest absolute Gasteiger partial charge is 0.458 e. The maximum Gasteiger partial charge on any atom is 0.334 e. The van der Waals surface area contributed by atoms with Gasteiger partial charge in [0.15, 0.2) is 0 Å². The average Bonchev–Trinajstić information content (AvgIpc) is 2.78. The smallest absolute Gasteiger partial charge is 0.334 e. The molecule has 5 heteroatoms. The molecule has 1 saturated heterocycles. The lowest BCUT2D eigenvalue weighted by molar-refractivity contribution is -0.147. The molecule has 0 aromatic heterocycles. The first-order chi connectivity index (χ1) is 11.7. The standard InChI is InChI=1S/C20H26O5/c1-6-13(4)19(22)24-16-9-11(2)7-15(21)8-12(3)10-17-18(16)14(5)20(23)25-17/h6-7,10,15-18,21H,5,8-9H2,1-4H3/t15-,16-,17-,18-/m1/s1. The summed E-state index contributed by atoms with van der Waals surface area (Å²) in [4.78, 5) is 24.3. The third-order valence-electron chi connectivity index (χ3n) is 4.66. The molecule has 1 fully saturated rings. The Balaban J connectivity index is 2.42. The van der Waals surface area contributed by atoms with Crippen molar-refractivity contribution in [1.29, 1.82) is 0 Å². The molecule has 1 heterocycles. The van der Waals surface area contributed by atoms with E-state index < -0.39 is 36.2 Å². The van der Waals surface area contributed by atoms with Crippen molar-refractivity contribution in [3.8, 4) is 0 Å². The van der Waals surface area contributed by atoms with E-state index in [1.807, 2.05) is 19.9 Å². The average molecular weight is 346 g/mol. The molecule has 0 bridgehead atoms. The Morgan fingerprint density at radius 3 is 2.60 bits per heavy atom. The summed E-state index contributed by atoms with van der Waals surface area (Å²) in [5.41, 5.74) is 2.62. The van der Waals surface area contributed by atoms with Crippen LogP contribution in [0.15, 0.2) is 47.1 Å². The fraction of sp³-hybridized carbons (Fsp3) is 0.500. The van der Waals surface area contributed by atoms with Gasteiger partial charge in [0.05, 0.1) is 12.0 Å². The van der Waals surface area contributed by atoms with E-state index in [0.29, 0.717) is 24.0 Å². The molecule has 0 aromatic carbocycles. The van der Waals surface area contributed by atoms with Gasteiger partial charge in [-0.15, -0.1) is 0 Å². The maximum absolute atomic E-state index is 12.3. The number of carbonyl (C=O) groups excluding carboxylic acids is 2. The quantitative estimate of drug-likeness (QED) is 0.473. The summed E-state index contributed by atoms with van der Waals surface area (Å²) in [6, 6.07) is 0. The first-order valence-electron chi connectivity index (χ1n) is 8.49. The van der Waals surface area contributed by atoms with Crippen molar-refractivity contribution in [2.45, 2.75) is 58.8 Å². The van der Waals surface area contributed by atoms with E-state index in [2.05, 4.69) is 6.58 Å². The van der Waals surface area contributed by atoms with Crippen molar-refractivity contribution in [2.24, 2.45) is 5.92 Å². The van der Waals surface area contributed by atoms with Crippen LogP contribution in [0.4, 0.5) is 0 Å². The molecular formula is C20H26O5. The third-order valence-corrected chi connectivity index (χ3v) is 4.66. The summed E-state index contributed by atoms with van der Waals surface area (Å²) < 4.78 is 11.1. The molecule has 1 aliphatic carbocycles. The lowest BCUT2D eigenvalue weighted by Gasteiger charge is -2.28. The van der Waals surface area contributed by atoms with E-state index in [4.69, 9.17) is 9.47 Å². The Bertz CT molecular complexity index is 668. The molecule has 4 atom stereocenters. The number of aliphatic hydroxyl groups excluding tert-OH is 1. The molecule has 136 valence electrons. The van der Waals surface area contributed by atoms with Crippen molar-refractivity contribution < 1.29 is 24.2 Å². The van der Waals surface area contributed by atoms with E-state index in [9.17, 15) is 14.7 Å². The zero-order valence-corrected chi connectivity index (χ0v) is 15.2. The summed E-state index contributed by atoms with van der Waals surface area (Å²) in [5.74, 6) is -1.33. The van der Waals surface area contributed by atoms with Gasteiger partial charge in [0.1, 0.15) is 12.2 Å². The van der Waals surface area contributed by atoms with Crippen molar-refractivity contribution >= 4 is 11.9 Å². The molecule has 5 nitrogen and oxygen atoms in total. The van der Waals surface area contributed by atoms with Crippen molar-refractivity contribution in [3.05, 3.63) is 47.1 Å². The predicted molar refractivity (Wildman–Crippen MR) is 94.6 cm³/mol. The van der Waals surface area contributed by atoms with Crippen LogP contribution in [0.5, 0.6) is 0 Å². The van der Waals surface area contributed by atoms with E-state index >= 15 is 0 Å². The molecule has 1 aliphatic heterocycles. The zero-order valence-electron chi connectivity index (χ0n) is 15.2. The van der Waals surface area contributed by atoms with Crippen LogP contribution in [0.25, 0.3) is 0 Å². The molecular weight excluding hydrogens is 320 g/mol. The lowest BCUT2D eigenvalue weighted by Crippen LogP contribution is -2.34. The second-order valence-corrected chi connectivity index (χ2v) is 6.84. The van der Waals surface area contributed by atoms with Crippen LogP contribution in [-0.2, 0) is 19.1 Å². The SMILES string of the molecule is C=C1C(=O)O[C@@H]2C=C(C)C[C@H](O)C=C(C)C[C@@H](OC(=O)C(C)=CC)[C@@H]12. The fourth-order valence-corrected chi connectivity index (χ4v) is 3.22. The maximum atomic E-state index is 12.3. The summed E-state index contributed by atoms with van der Waals surface area (Å²) >= 11 is 0. The minimum absolute atomic E-state index is 0.318. The second kappa shape index (κ2) is 7.83. The lowest BCUT2D eigenvalue weighted by atomic mass is 9.85. The number of rotatable bonds is 2. The summed E-state index contributed by atoms with van der Waals surface area (Å²) in [6.07, 6.45) is 4.39. The van der Waals surface area contributed by atoms with Gasteiger partial charge in [-0.25, -0.2) is 9.59 Å². The van der Waals surface area contributed by atoms with E-state index in [-0.39, 0.29) is 0 Å². The highest BCUT2D eigenvalue weighted by Crippen LogP contribution is 2.36. The van der Waals surface area contributed by atoms with Gasteiger partial charge in [0.25, 0.3) is 0 Å². The van der Waals surface area contributed by atoms with Crippen LogP contribution >= 0.6 is 0 Å². The number of fused-ring (bicyclic) bond motifs is 1. The van der Waals surface area contributed by atoms with Gasteiger partial charge in [-0.3, -0.25) is 0 Å². The highest BCUT2D eigenvalue weighted by molar-refractivity contribution is 5.92. The predicted octanol–water partition coefficient (Wildman–Crippen LogP) is 3.01. The summed E-state index contributed by atoms with van der Waals surface area (Å²) in [7, 11) is 0. The van der Waals surface area contributed by atoms with Gasteiger partial charge in [0, 0.05) is 17.6 Å². The normalized spacial score (nSPS) is 30.8. The second-order valence-electron chi connectivity index (χ2n) is 6.84. The van der Waals surface area contributed by atoms with Crippen LogP contribution in [-0.4, -0.2) is 35.4 Å². The molecule has 0 spiro atoms. The Kier molecular flexibility index (Phi) is 6.01. The molecule has 0 unspecified atom stereocenters. The third kappa shape index (κ3) is 4.48. The van der Waals surface area contributed by atoms with Gasteiger partial charge in [-0.05, 0) is 40.2 Å². The minimum Gasteiger partial charge on any atom is -0.458 e. The summed E-state index contributed by atoms with van der Waals surface area (Å²) in [5, 5.41) is 10.2. The van der Waals surface area contributed by atoms with E-state index in [1.54, 1.807) is 26.0 Å². The van der Waals surface area contributed by atoms with Gasteiger partial charge in [-0.2, -0.15) is 0 Å². The van der Waals surface area contributed by atoms with Gasteiger partial charge in [-0.1, -0.05) is 29.9 Å². The highest BCUT2D eigenvalue weighted by atomic mass is 16.6. The molecule has 25 heavy (non-hydrogen) atoms. The highest BCUT2D eigenvalue weighted by Gasteiger charge is 2.44. The zero-order chi connectivity index (χ0) is 18.7. The minimum atomic E-state index is -0.623. The van der Waals surface area contributed by atoms with Crippen LogP contribution in [0, 0.1) is 5.92 Å². The number of hydrogen-bond acceptors (Lipinski definition) is 5. The number of allylic oxidation sites excluding steroid dienone is 1. The number of aliphatic hydroxyl groups is 1. The molecule has 0 saturated carbocycles. The number of esters is 2. The Labute approximate surface area is 148 Å². The first kappa shape index (κ1) is 19.2. The van der Waals surface area contributed by atoms with Crippen LogP contribution in [0.1, 0.15) is 40.5 Å². The number of ether oxygens (including phenoxy) is 2. The van der Waals surface area contributed by atoms with E-state index in [1.165, 1.54) is 0 Å². The monoisotopic (exact) mass is 346 g/mol. The molecule has 0 aromatic rings. The van der Waals surface area contributed by atoms with E-state index in [0.717, 1.165) is 11.1 Å². The first-order valence-corrected chi connectivity index (χ1v) is 8.49. The van der Waals surface area contributed by atoms with Crippen molar-refractivity contribution in [3.63, 3.8) is 0 Å². The van der Waals surface area contributed by atoms with Gasteiger partial charge >= 0.3 is 11.9 Å². The number of hydrogen-bond donors (Lipinski definition) is 1. The molecule has 0 amide bonds. The molecule has 2 rings (SSSR count). The molecule has 2 aliphatic rings. The Morgan fingerprint density at radius 2 is 1.96 bits per heavy atom. The fourth-order valence-electron chi connectivity index (χ4n) is 3.22.